The van der Waals surface area contributed by atoms with Crippen molar-refractivity contribution in [2.45, 2.75) is 38.3 Å². The number of pyridine rings is 1. The number of ether oxygens (including phenoxy) is 1. The average Bonchev–Trinajstić information content (AvgIpc) is 2.89. The third-order valence-corrected chi connectivity index (χ3v) is 7.83. The number of amides is 1. The van der Waals surface area contributed by atoms with Gasteiger partial charge in [-0.25, -0.2) is 22.8 Å². The van der Waals surface area contributed by atoms with Gasteiger partial charge in [-0.05, 0) is 55.8 Å². The molecule has 0 saturated heterocycles. The molecule has 1 atom stereocenters. The zero-order valence-corrected chi connectivity index (χ0v) is 23.7. The Balaban J connectivity index is 1.70. The van der Waals surface area contributed by atoms with Gasteiger partial charge in [0.25, 0.3) is 15.6 Å². The Labute approximate surface area is 235 Å². The molecule has 2 N–H and O–H groups in total. The SMILES string of the molecule is COc1ncc(-c2ccc3ncn(CC(C)C(=O)NC(C)C)c(=O)c3c2)cc1NS(=O)(=O)c1ccc(F)cc1Cl. The molecule has 13 heteroatoms. The Hall–Kier alpha value is -4.03. The summed E-state index contributed by atoms with van der Waals surface area (Å²) in [6, 6.07) is 9.42. The summed E-state index contributed by atoms with van der Waals surface area (Å²) in [5.74, 6) is -1.32. The van der Waals surface area contributed by atoms with Crippen molar-refractivity contribution in [3.63, 3.8) is 0 Å². The van der Waals surface area contributed by atoms with Crippen molar-refractivity contribution in [1.29, 1.82) is 0 Å². The van der Waals surface area contributed by atoms with Crippen molar-refractivity contribution in [1.82, 2.24) is 19.9 Å². The molecular formula is C27H27ClFN5O5S. The van der Waals surface area contributed by atoms with Crippen LogP contribution in [0.5, 0.6) is 5.88 Å². The molecule has 2 heterocycles. The Morgan fingerprint density at radius 2 is 1.85 bits per heavy atom. The van der Waals surface area contributed by atoms with Gasteiger partial charge in [-0.1, -0.05) is 24.6 Å². The number of nitrogens with zero attached hydrogens (tertiary/aromatic N) is 3. The van der Waals surface area contributed by atoms with E-state index in [0.717, 1.165) is 18.2 Å². The molecule has 40 heavy (non-hydrogen) atoms. The third kappa shape index (κ3) is 6.23. The molecule has 1 unspecified atom stereocenters. The predicted octanol–water partition coefficient (Wildman–Crippen LogP) is 4.22. The van der Waals surface area contributed by atoms with E-state index in [1.165, 1.54) is 30.3 Å². The minimum atomic E-state index is -4.23. The van der Waals surface area contributed by atoms with Crippen LogP contribution in [0.4, 0.5) is 10.1 Å². The number of nitrogens with one attached hydrogen (secondary N) is 2. The number of rotatable bonds is 9. The molecule has 1 amide bonds. The molecule has 4 rings (SSSR count). The van der Waals surface area contributed by atoms with Gasteiger partial charge in [0.1, 0.15) is 16.4 Å². The lowest BCUT2D eigenvalue weighted by molar-refractivity contribution is -0.125. The first-order chi connectivity index (χ1) is 18.9. The van der Waals surface area contributed by atoms with Gasteiger partial charge in [0.05, 0.1) is 35.3 Å². The van der Waals surface area contributed by atoms with Crippen molar-refractivity contribution in [3.05, 3.63) is 76.2 Å². The Morgan fingerprint density at radius 1 is 1.10 bits per heavy atom. The molecule has 0 aliphatic carbocycles. The first kappa shape index (κ1) is 29.0. The number of anilines is 1. The number of fused-ring (bicyclic) bond motifs is 1. The van der Waals surface area contributed by atoms with Crippen molar-refractivity contribution >= 4 is 44.1 Å². The van der Waals surface area contributed by atoms with E-state index in [9.17, 15) is 22.4 Å². The summed E-state index contributed by atoms with van der Waals surface area (Å²) in [7, 11) is -2.90. The highest BCUT2D eigenvalue weighted by atomic mass is 35.5. The van der Waals surface area contributed by atoms with Crippen LogP contribution in [0.15, 0.2) is 64.7 Å². The zero-order valence-electron chi connectivity index (χ0n) is 22.1. The molecule has 0 aliphatic rings. The van der Waals surface area contributed by atoms with Crippen LogP contribution in [0.3, 0.4) is 0 Å². The molecular weight excluding hydrogens is 561 g/mol. The molecule has 4 aromatic rings. The summed E-state index contributed by atoms with van der Waals surface area (Å²) in [6.45, 7) is 5.60. The van der Waals surface area contributed by atoms with Gasteiger partial charge in [0.15, 0.2) is 0 Å². The predicted molar refractivity (Wildman–Crippen MR) is 150 cm³/mol. The summed E-state index contributed by atoms with van der Waals surface area (Å²) in [4.78, 5) is 33.9. The topological polar surface area (TPSA) is 132 Å². The van der Waals surface area contributed by atoms with Crippen LogP contribution in [0.25, 0.3) is 22.0 Å². The maximum atomic E-state index is 13.5. The van der Waals surface area contributed by atoms with E-state index in [1.54, 1.807) is 25.1 Å². The molecule has 0 spiro atoms. The molecule has 0 radical (unpaired) electrons. The van der Waals surface area contributed by atoms with Gasteiger partial charge in [-0.15, -0.1) is 0 Å². The lowest BCUT2D eigenvalue weighted by Gasteiger charge is -2.16. The minimum absolute atomic E-state index is 0.00840. The molecule has 0 aliphatic heterocycles. The highest BCUT2D eigenvalue weighted by molar-refractivity contribution is 7.92. The van der Waals surface area contributed by atoms with Crippen LogP contribution >= 0.6 is 11.6 Å². The number of sulfonamides is 1. The highest BCUT2D eigenvalue weighted by Crippen LogP contribution is 2.32. The van der Waals surface area contributed by atoms with E-state index >= 15 is 0 Å². The number of benzene rings is 2. The number of halogens is 2. The van der Waals surface area contributed by atoms with Crippen LogP contribution in [0.2, 0.25) is 5.02 Å². The van der Waals surface area contributed by atoms with Crippen LogP contribution in [-0.4, -0.2) is 42.0 Å². The summed E-state index contributed by atoms with van der Waals surface area (Å²) >= 11 is 5.97. The maximum absolute atomic E-state index is 13.5. The lowest BCUT2D eigenvalue weighted by Crippen LogP contribution is -2.37. The fraction of sp³-hybridized carbons (Fsp3) is 0.259. The van der Waals surface area contributed by atoms with E-state index < -0.39 is 21.8 Å². The normalized spacial score (nSPS) is 12.4. The number of hydrogen-bond acceptors (Lipinski definition) is 7. The van der Waals surface area contributed by atoms with Crippen LogP contribution in [0, 0.1) is 11.7 Å². The molecule has 2 aromatic carbocycles. The smallest absolute Gasteiger partial charge is 0.263 e. The largest absolute Gasteiger partial charge is 0.480 e. The summed E-state index contributed by atoms with van der Waals surface area (Å²) in [5, 5.41) is 2.86. The Morgan fingerprint density at radius 3 is 2.52 bits per heavy atom. The second-order valence-electron chi connectivity index (χ2n) is 9.46. The van der Waals surface area contributed by atoms with E-state index in [0.29, 0.717) is 22.0 Å². The Kier molecular flexibility index (Phi) is 8.40. The standard InChI is InChI=1S/C27H27ClFN5O5S/c1-15(2)32-25(35)16(3)13-34-14-31-22-7-5-17(9-20(22)27(34)36)18-10-23(26(39-4)30-12-18)33-40(37,38)24-8-6-19(29)11-21(24)28/h5-12,14-16,33H,13H2,1-4H3,(H,32,35). The zero-order chi connectivity index (χ0) is 29.2. The fourth-order valence-electron chi connectivity index (χ4n) is 4.01. The summed E-state index contributed by atoms with van der Waals surface area (Å²) in [5.41, 5.74) is 1.17. The monoisotopic (exact) mass is 587 g/mol. The molecule has 0 saturated carbocycles. The molecule has 10 nitrogen and oxygen atoms in total. The highest BCUT2D eigenvalue weighted by Gasteiger charge is 2.22. The molecule has 0 bridgehead atoms. The van der Waals surface area contributed by atoms with Crippen molar-refractivity contribution < 1.29 is 22.3 Å². The van der Waals surface area contributed by atoms with E-state index in [1.807, 2.05) is 13.8 Å². The maximum Gasteiger partial charge on any atom is 0.263 e. The number of carbonyl (C=O) groups is 1. The second kappa shape index (κ2) is 11.6. The number of methoxy groups -OCH3 is 1. The summed E-state index contributed by atoms with van der Waals surface area (Å²) < 4.78 is 48.5. The number of aromatic nitrogens is 3. The quantitative estimate of drug-likeness (QED) is 0.300. The van der Waals surface area contributed by atoms with Gasteiger partial charge >= 0.3 is 0 Å². The molecule has 2 aromatic heterocycles. The lowest BCUT2D eigenvalue weighted by atomic mass is 10.0. The van der Waals surface area contributed by atoms with Gasteiger partial charge in [0.2, 0.25) is 11.8 Å². The Bertz CT molecular complexity index is 1760. The van der Waals surface area contributed by atoms with Gasteiger partial charge in [-0.3, -0.25) is 18.9 Å². The van der Waals surface area contributed by atoms with Gasteiger partial charge in [0, 0.05) is 24.3 Å². The van der Waals surface area contributed by atoms with Crippen molar-refractivity contribution in [2.75, 3.05) is 11.8 Å². The number of hydrogen-bond donors (Lipinski definition) is 2. The van der Waals surface area contributed by atoms with Crippen LogP contribution < -0.4 is 20.3 Å². The second-order valence-corrected chi connectivity index (χ2v) is 11.5. The van der Waals surface area contributed by atoms with E-state index in [-0.39, 0.29) is 45.5 Å². The van der Waals surface area contributed by atoms with Crippen LogP contribution in [-0.2, 0) is 21.4 Å². The average molecular weight is 588 g/mol. The minimum Gasteiger partial charge on any atom is -0.480 e. The van der Waals surface area contributed by atoms with Gasteiger partial charge in [-0.2, -0.15) is 0 Å². The van der Waals surface area contributed by atoms with E-state index in [4.69, 9.17) is 16.3 Å². The van der Waals surface area contributed by atoms with Crippen molar-refractivity contribution in [2.24, 2.45) is 5.92 Å². The van der Waals surface area contributed by atoms with Crippen molar-refractivity contribution in [3.8, 4) is 17.0 Å². The number of carbonyl (C=O) groups excluding carboxylic acids is 1. The first-order valence-electron chi connectivity index (χ1n) is 12.2. The van der Waals surface area contributed by atoms with Gasteiger partial charge < -0.3 is 10.1 Å². The van der Waals surface area contributed by atoms with E-state index in [2.05, 4.69) is 20.0 Å². The fourth-order valence-corrected chi connectivity index (χ4v) is 5.59. The molecule has 0 fully saturated rings. The summed E-state index contributed by atoms with van der Waals surface area (Å²) in [6.07, 6.45) is 2.88. The molecule has 210 valence electrons. The van der Waals surface area contributed by atoms with Crippen LogP contribution in [0.1, 0.15) is 20.8 Å². The first-order valence-corrected chi connectivity index (χ1v) is 14.1. The third-order valence-electron chi connectivity index (χ3n) is 5.98.